The van der Waals surface area contributed by atoms with Crippen LogP contribution >= 0.6 is 0 Å². The van der Waals surface area contributed by atoms with Gasteiger partial charge in [0.05, 0.1) is 19.1 Å². The first-order valence-corrected chi connectivity index (χ1v) is 7.92. The number of quaternary nitrogens is 1. The Kier molecular flexibility index (Phi) is 5.55. The van der Waals surface area contributed by atoms with Crippen LogP contribution in [-0.2, 0) is 9.59 Å². The lowest BCUT2D eigenvalue weighted by Crippen LogP contribution is -3.14. The first-order valence-electron chi connectivity index (χ1n) is 7.92. The quantitative estimate of drug-likeness (QED) is 0.803. The number of benzene rings is 1. The van der Waals surface area contributed by atoms with Crippen LogP contribution < -0.4 is 10.6 Å². The van der Waals surface area contributed by atoms with E-state index in [0.717, 1.165) is 31.5 Å². The van der Waals surface area contributed by atoms with Crippen LogP contribution in [0.3, 0.4) is 0 Å². The highest BCUT2D eigenvalue weighted by molar-refractivity contribution is 5.77. The van der Waals surface area contributed by atoms with Crippen molar-refractivity contribution in [2.24, 2.45) is 11.7 Å². The lowest BCUT2D eigenvalue weighted by atomic mass is 9.96. The molecule has 0 saturated carbocycles. The molecule has 5 heteroatoms. The van der Waals surface area contributed by atoms with Crippen LogP contribution in [0.4, 0.5) is 0 Å². The summed E-state index contributed by atoms with van der Waals surface area (Å²) in [6.07, 6.45) is 1.58. The van der Waals surface area contributed by atoms with E-state index in [-0.39, 0.29) is 23.8 Å². The van der Waals surface area contributed by atoms with Gasteiger partial charge in [0.15, 0.2) is 6.54 Å². The van der Waals surface area contributed by atoms with Gasteiger partial charge in [-0.1, -0.05) is 30.3 Å². The summed E-state index contributed by atoms with van der Waals surface area (Å²) in [5, 5.41) is 0. The molecule has 2 amide bonds. The summed E-state index contributed by atoms with van der Waals surface area (Å²) in [5.74, 6) is -0.0797. The van der Waals surface area contributed by atoms with E-state index in [2.05, 4.69) is 0 Å². The zero-order valence-corrected chi connectivity index (χ0v) is 13.4. The summed E-state index contributed by atoms with van der Waals surface area (Å²) < 4.78 is 0. The Hall–Kier alpha value is -1.88. The first-order chi connectivity index (χ1) is 10.5. The van der Waals surface area contributed by atoms with Crippen LogP contribution in [0.15, 0.2) is 30.3 Å². The Labute approximate surface area is 132 Å². The number of nitrogens with one attached hydrogen (secondary N) is 1. The minimum absolute atomic E-state index is 0.0141. The number of nitrogens with two attached hydrogens (primary N) is 1. The highest BCUT2D eigenvalue weighted by Crippen LogP contribution is 2.17. The number of hydrogen-bond acceptors (Lipinski definition) is 2. The van der Waals surface area contributed by atoms with Gasteiger partial charge < -0.3 is 15.5 Å². The summed E-state index contributed by atoms with van der Waals surface area (Å²) in [5.41, 5.74) is 6.48. The Balaban J connectivity index is 1.86. The Bertz CT molecular complexity index is 510. The average molecular weight is 304 g/mol. The Morgan fingerprint density at radius 2 is 1.86 bits per heavy atom. The van der Waals surface area contributed by atoms with Crippen molar-refractivity contribution in [1.29, 1.82) is 0 Å². The molecular formula is C17H26N3O2+. The molecule has 2 rings (SSSR count). The number of amides is 2. The molecule has 0 unspecified atom stereocenters. The molecule has 1 aliphatic heterocycles. The monoisotopic (exact) mass is 304 g/mol. The second-order valence-electron chi connectivity index (χ2n) is 6.19. The molecule has 0 bridgehead atoms. The highest BCUT2D eigenvalue weighted by atomic mass is 16.2. The predicted octanol–water partition coefficient (Wildman–Crippen LogP) is -0.0138. The summed E-state index contributed by atoms with van der Waals surface area (Å²) in [4.78, 5) is 26.7. The van der Waals surface area contributed by atoms with Crippen LogP contribution in [0, 0.1) is 5.92 Å². The van der Waals surface area contributed by atoms with Crippen molar-refractivity contribution in [2.45, 2.75) is 25.8 Å². The third kappa shape index (κ3) is 4.07. The summed E-state index contributed by atoms with van der Waals surface area (Å²) in [6, 6.07) is 10.1. The number of piperidine rings is 1. The van der Waals surface area contributed by atoms with Gasteiger partial charge in [0, 0.05) is 25.8 Å². The summed E-state index contributed by atoms with van der Waals surface area (Å²) in [6.45, 7) is 4.21. The van der Waals surface area contributed by atoms with Gasteiger partial charge in [-0.2, -0.15) is 0 Å². The smallest absolute Gasteiger partial charge is 0.278 e. The van der Waals surface area contributed by atoms with Gasteiger partial charge in [-0.05, 0) is 12.5 Å². The number of hydrogen-bond donors (Lipinski definition) is 2. The van der Waals surface area contributed by atoms with Gasteiger partial charge in [0.2, 0.25) is 5.91 Å². The molecule has 3 N–H and O–H groups in total. The first kappa shape index (κ1) is 16.5. The van der Waals surface area contributed by atoms with E-state index < -0.39 is 0 Å². The molecule has 1 heterocycles. The molecule has 1 saturated heterocycles. The molecule has 0 spiro atoms. The standard InChI is InChI=1S/C17H25N3O2/c1-13(14-6-4-3-5-7-14)19(2)16(21)12-20-10-8-15(9-11-20)17(18)22/h3-7,13,15H,8-12H2,1-2H3,(H2,18,22)/p+1/t13-/m0/s1. The van der Waals surface area contributed by atoms with E-state index in [1.807, 2.05) is 49.2 Å². The van der Waals surface area contributed by atoms with Crippen molar-refractivity contribution in [1.82, 2.24) is 4.90 Å². The van der Waals surface area contributed by atoms with E-state index >= 15 is 0 Å². The maximum Gasteiger partial charge on any atom is 0.278 e. The van der Waals surface area contributed by atoms with E-state index in [9.17, 15) is 9.59 Å². The molecular weight excluding hydrogens is 278 g/mol. The number of primary amides is 1. The SMILES string of the molecule is C[C@@H](c1ccccc1)N(C)C(=O)C[NH+]1CCC(C(N)=O)CC1. The molecule has 1 fully saturated rings. The number of rotatable bonds is 5. The van der Waals surface area contributed by atoms with E-state index in [1.165, 1.54) is 4.90 Å². The zero-order valence-electron chi connectivity index (χ0n) is 13.4. The van der Waals surface area contributed by atoms with Crippen LogP contribution in [0.1, 0.15) is 31.4 Å². The number of likely N-dealkylation sites (N-methyl/N-ethyl adjacent to an activating group) is 1. The van der Waals surface area contributed by atoms with Crippen molar-refractivity contribution < 1.29 is 14.5 Å². The molecule has 0 aromatic heterocycles. The van der Waals surface area contributed by atoms with Gasteiger partial charge in [0.1, 0.15) is 0 Å². The lowest BCUT2D eigenvalue weighted by Gasteiger charge is -2.30. The van der Waals surface area contributed by atoms with Crippen LogP contribution in [0.2, 0.25) is 0 Å². The van der Waals surface area contributed by atoms with Gasteiger partial charge in [-0.15, -0.1) is 0 Å². The van der Waals surface area contributed by atoms with Crippen molar-refractivity contribution in [2.75, 3.05) is 26.7 Å². The topological polar surface area (TPSA) is 67.8 Å². The summed E-state index contributed by atoms with van der Waals surface area (Å²) in [7, 11) is 1.86. The number of likely N-dealkylation sites (tertiary alicyclic amines) is 1. The van der Waals surface area contributed by atoms with Gasteiger partial charge >= 0.3 is 0 Å². The van der Waals surface area contributed by atoms with Gasteiger partial charge in [-0.3, -0.25) is 9.59 Å². The fraction of sp³-hybridized carbons (Fsp3) is 0.529. The van der Waals surface area contributed by atoms with Crippen molar-refractivity contribution in [3.8, 4) is 0 Å². The van der Waals surface area contributed by atoms with E-state index in [1.54, 1.807) is 0 Å². The zero-order chi connectivity index (χ0) is 16.1. The minimum atomic E-state index is -0.208. The molecule has 1 aliphatic rings. The maximum absolute atomic E-state index is 12.5. The molecule has 22 heavy (non-hydrogen) atoms. The third-order valence-corrected chi connectivity index (χ3v) is 4.75. The molecule has 1 atom stereocenters. The number of nitrogens with zero attached hydrogens (tertiary/aromatic N) is 1. The van der Waals surface area contributed by atoms with E-state index in [4.69, 9.17) is 5.73 Å². The minimum Gasteiger partial charge on any atom is -0.369 e. The molecule has 1 aromatic carbocycles. The highest BCUT2D eigenvalue weighted by Gasteiger charge is 2.28. The summed E-state index contributed by atoms with van der Waals surface area (Å²) >= 11 is 0. The van der Waals surface area contributed by atoms with Crippen molar-refractivity contribution >= 4 is 11.8 Å². The largest absolute Gasteiger partial charge is 0.369 e. The van der Waals surface area contributed by atoms with Crippen molar-refractivity contribution in [3.63, 3.8) is 0 Å². The Morgan fingerprint density at radius 1 is 1.27 bits per heavy atom. The number of carbonyl (C=O) groups is 2. The second-order valence-corrected chi connectivity index (χ2v) is 6.19. The second kappa shape index (κ2) is 7.40. The van der Waals surface area contributed by atoms with Gasteiger partial charge in [-0.25, -0.2) is 0 Å². The van der Waals surface area contributed by atoms with Crippen LogP contribution in [0.5, 0.6) is 0 Å². The fourth-order valence-electron chi connectivity index (χ4n) is 3.00. The molecule has 5 nitrogen and oxygen atoms in total. The Morgan fingerprint density at radius 3 is 2.41 bits per heavy atom. The number of carbonyl (C=O) groups excluding carboxylic acids is 2. The lowest BCUT2D eigenvalue weighted by molar-refractivity contribution is -0.898. The molecule has 0 aliphatic carbocycles. The van der Waals surface area contributed by atoms with Crippen LogP contribution in [0.25, 0.3) is 0 Å². The maximum atomic E-state index is 12.5. The normalized spacial score (nSPS) is 22.8. The molecule has 1 aromatic rings. The van der Waals surface area contributed by atoms with Gasteiger partial charge in [0.25, 0.3) is 5.91 Å². The van der Waals surface area contributed by atoms with Crippen LogP contribution in [-0.4, -0.2) is 43.4 Å². The predicted molar refractivity (Wildman–Crippen MR) is 85.1 cm³/mol. The average Bonchev–Trinajstić information content (AvgIpc) is 2.54. The molecule has 0 radical (unpaired) electrons. The molecule has 120 valence electrons. The van der Waals surface area contributed by atoms with E-state index in [0.29, 0.717) is 6.54 Å². The third-order valence-electron chi connectivity index (χ3n) is 4.75. The van der Waals surface area contributed by atoms with Crippen molar-refractivity contribution in [3.05, 3.63) is 35.9 Å². The fourth-order valence-corrected chi connectivity index (χ4v) is 3.00.